The Morgan fingerprint density at radius 2 is 1.23 bits per heavy atom. The minimum absolute atomic E-state index is 0.00320. The second-order valence-corrected chi connectivity index (χ2v) is 13.9. The molecule has 10 rings (SSSR count). The molecule has 1 atom stereocenters. The van der Waals surface area contributed by atoms with E-state index in [9.17, 15) is 19.8 Å². The molecule has 0 radical (unpaired) electrons. The molecule has 0 amide bonds. The highest BCUT2D eigenvalue weighted by molar-refractivity contribution is 6.57. The Morgan fingerprint density at radius 1 is 0.654 bits per heavy atom. The quantitative estimate of drug-likeness (QED) is 0.201. The van der Waals surface area contributed by atoms with Crippen molar-refractivity contribution >= 4 is 56.2 Å². The van der Waals surface area contributed by atoms with Crippen molar-refractivity contribution in [1.29, 1.82) is 0 Å². The Bertz CT molecular complexity index is 2560. The van der Waals surface area contributed by atoms with Gasteiger partial charge in [-0.25, -0.2) is 9.98 Å². The van der Waals surface area contributed by atoms with E-state index in [2.05, 4.69) is 14.8 Å². The molecule has 52 heavy (non-hydrogen) atoms. The number of aromatic nitrogens is 2. The van der Waals surface area contributed by atoms with Crippen molar-refractivity contribution < 1.29 is 24.5 Å². The number of Topliss-reactive ketones (excluding diaryl/α,β-unsaturated/α-hetero) is 2. The van der Waals surface area contributed by atoms with Gasteiger partial charge in [0.1, 0.15) is 11.4 Å². The summed E-state index contributed by atoms with van der Waals surface area (Å²) in [4.78, 5) is 41.1. The van der Waals surface area contributed by atoms with Gasteiger partial charge in [-0.2, -0.15) is 0 Å². The van der Waals surface area contributed by atoms with Crippen LogP contribution >= 0.6 is 0 Å². The number of carbonyl (C=O) groups excluding carboxylic acids is 2. The number of morpholine rings is 1. The van der Waals surface area contributed by atoms with Gasteiger partial charge in [0.2, 0.25) is 23.3 Å². The van der Waals surface area contributed by atoms with Crippen molar-refractivity contribution in [2.75, 3.05) is 32.8 Å². The third-order valence-corrected chi connectivity index (χ3v) is 10.8. The third kappa shape index (κ3) is 4.70. The second kappa shape index (κ2) is 11.8. The lowest BCUT2D eigenvalue weighted by Crippen LogP contribution is -2.39. The minimum Gasteiger partial charge on any atom is -0.494 e. The maximum absolute atomic E-state index is 13.8. The predicted octanol–water partition coefficient (Wildman–Crippen LogP) is 6.34. The van der Waals surface area contributed by atoms with Gasteiger partial charge in [-0.15, -0.1) is 0 Å². The fourth-order valence-corrected chi connectivity index (χ4v) is 8.02. The Balaban J connectivity index is 0.938. The molecule has 0 saturated carbocycles. The molecule has 11 heteroatoms. The van der Waals surface area contributed by atoms with Crippen LogP contribution in [0.4, 0.5) is 11.4 Å². The van der Waals surface area contributed by atoms with Gasteiger partial charge in [0, 0.05) is 48.1 Å². The molecule has 11 nitrogen and oxygen atoms in total. The van der Waals surface area contributed by atoms with Crippen LogP contribution in [0, 0.1) is 0 Å². The van der Waals surface area contributed by atoms with Gasteiger partial charge in [0.15, 0.2) is 0 Å². The Hall–Kier alpha value is -5.88. The average molecular weight is 691 g/mol. The molecule has 258 valence electrons. The van der Waals surface area contributed by atoms with Crippen LogP contribution in [0.15, 0.2) is 101 Å². The van der Waals surface area contributed by atoms with Crippen LogP contribution in [0.1, 0.15) is 49.9 Å². The summed E-state index contributed by atoms with van der Waals surface area (Å²) in [7, 11) is 0. The Kier molecular flexibility index (Phi) is 7.04. The summed E-state index contributed by atoms with van der Waals surface area (Å²) in [5, 5.41) is 24.7. The summed E-state index contributed by atoms with van der Waals surface area (Å²) in [5.41, 5.74) is 6.13. The zero-order valence-corrected chi connectivity index (χ0v) is 28.2. The number of ketones is 2. The molecular weight excluding hydrogens is 656 g/mol. The molecule has 2 fully saturated rings. The van der Waals surface area contributed by atoms with Crippen LogP contribution in [-0.2, 0) is 18.1 Å². The molecule has 0 aliphatic carbocycles. The lowest BCUT2D eigenvalue weighted by Gasteiger charge is -2.33. The fourth-order valence-electron chi connectivity index (χ4n) is 8.02. The van der Waals surface area contributed by atoms with Crippen molar-refractivity contribution in [2.45, 2.75) is 25.9 Å². The zero-order valence-electron chi connectivity index (χ0n) is 28.2. The molecule has 2 saturated heterocycles. The van der Waals surface area contributed by atoms with Gasteiger partial charge < -0.3 is 14.9 Å². The average Bonchev–Trinajstić information content (AvgIpc) is 3.83. The first-order valence-electron chi connectivity index (χ1n) is 17.6. The molecule has 4 aliphatic heterocycles. The standard InChI is InChI=1S/C41H34N6O5/c48-38-25-8-1-4-11-29(25)42-36(38)34-28-10-3-6-13-32(28)47(41(34)51)23-45-18-19-52-33(21-45)24-14-15-26-30(20-24)43-37(39(26)49)35-27-9-2-5-12-31(27)46(40(35)50)22-44-16-7-17-44/h1-6,8-15,20,33,50-51H,7,16-19,21-23H2. The number of hydrogen-bond donors (Lipinski definition) is 2. The van der Waals surface area contributed by atoms with E-state index in [0.29, 0.717) is 66.7 Å². The molecule has 6 aromatic rings. The van der Waals surface area contributed by atoms with E-state index in [4.69, 9.17) is 9.73 Å². The Labute approximate surface area is 298 Å². The predicted molar refractivity (Wildman–Crippen MR) is 198 cm³/mol. The molecular formula is C41H34N6O5. The highest BCUT2D eigenvalue weighted by atomic mass is 16.5. The smallest absolute Gasteiger partial charge is 0.214 e. The Morgan fingerprint density at radius 3 is 1.87 bits per heavy atom. The highest BCUT2D eigenvalue weighted by Gasteiger charge is 2.35. The number of hydrogen-bond acceptors (Lipinski definition) is 9. The number of ether oxygens (including phenoxy) is 1. The van der Waals surface area contributed by atoms with Gasteiger partial charge >= 0.3 is 0 Å². The van der Waals surface area contributed by atoms with Crippen molar-refractivity contribution in [1.82, 2.24) is 18.9 Å². The van der Waals surface area contributed by atoms with Gasteiger partial charge in [0.05, 0.1) is 59.6 Å². The van der Waals surface area contributed by atoms with Crippen molar-refractivity contribution in [3.8, 4) is 11.8 Å². The van der Waals surface area contributed by atoms with Crippen LogP contribution < -0.4 is 0 Å². The first-order chi connectivity index (χ1) is 25.4. The summed E-state index contributed by atoms with van der Waals surface area (Å²) in [6.45, 7) is 4.51. The van der Waals surface area contributed by atoms with E-state index in [-0.39, 0.29) is 40.9 Å². The summed E-state index contributed by atoms with van der Waals surface area (Å²) in [6.07, 6.45) is 0.831. The number of aliphatic imine (C=N–C) groups is 2. The first-order valence-corrected chi connectivity index (χ1v) is 17.6. The van der Waals surface area contributed by atoms with E-state index >= 15 is 0 Å². The molecule has 4 aliphatic rings. The number of rotatable bonds is 7. The minimum atomic E-state index is -0.307. The number of nitrogens with zero attached hydrogens (tertiary/aromatic N) is 6. The van der Waals surface area contributed by atoms with E-state index in [1.54, 1.807) is 12.1 Å². The zero-order chi connectivity index (χ0) is 35.1. The number of benzene rings is 4. The third-order valence-electron chi connectivity index (χ3n) is 10.8. The number of carbonyl (C=O) groups is 2. The SMILES string of the molecule is O=C1C(c2c(O)n(CN3CCC3)c3ccccc23)=Nc2cc(C3CN(Cn4c(O)c(C5=Nc6ccccc6C5=O)c5ccccc54)CCO3)ccc21. The number of likely N-dealkylation sites (tertiary alicyclic amines) is 1. The summed E-state index contributed by atoms with van der Waals surface area (Å²) in [6, 6.07) is 28.3. The van der Waals surface area contributed by atoms with E-state index < -0.39 is 0 Å². The highest BCUT2D eigenvalue weighted by Crippen LogP contribution is 2.41. The van der Waals surface area contributed by atoms with Gasteiger partial charge in [-0.1, -0.05) is 54.6 Å². The number of aromatic hydroxyl groups is 2. The number of para-hydroxylation sites is 3. The van der Waals surface area contributed by atoms with Crippen molar-refractivity contribution in [3.63, 3.8) is 0 Å². The number of fused-ring (bicyclic) bond motifs is 4. The topological polar surface area (TPSA) is 125 Å². The summed E-state index contributed by atoms with van der Waals surface area (Å²) < 4.78 is 9.95. The monoisotopic (exact) mass is 690 g/mol. The van der Waals surface area contributed by atoms with Crippen molar-refractivity contribution in [3.05, 3.63) is 119 Å². The maximum Gasteiger partial charge on any atom is 0.214 e. The largest absolute Gasteiger partial charge is 0.494 e. The summed E-state index contributed by atoms with van der Waals surface area (Å²) in [5.74, 6) is -0.364. The second-order valence-electron chi connectivity index (χ2n) is 13.9. The summed E-state index contributed by atoms with van der Waals surface area (Å²) >= 11 is 0. The molecule has 2 aromatic heterocycles. The van der Waals surface area contributed by atoms with Crippen molar-refractivity contribution in [2.24, 2.45) is 9.98 Å². The molecule has 0 bridgehead atoms. The van der Waals surface area contributed by atoms with Gasteiger partial charge in [-0.3, -0.25) is 28.5 Å². The normalized spacial score (nSPS) is 18.9. The van der Waals surface area contributed by atoms with Crippen LogP contribution in [0.25, 0.3) is 21.8 Å². The molecule has 4 aromatic carbocycles. The van der Waals surface area contributed by atoms with Crippen LogP contribution in [0.5, 0.6) is 11.8 Å². The lowest BCUT2D eigenvalue weighted by molar-refractivity contribution is -0.0404. The van der Waals surface area contributed by atoms with E-state index in [1.807, 2.05) is 88.0 Å². The van der Waals surface area contributed by atoms with Gasteiger partial charge in [-0.05, 0) is 48.4 Å². The van der Waals surface area contributed by atoms with E-state index in [1.165, 1.54) is 0 Å². The fraction of sp³-hybridized carbons (Fsp3) is 0.220. The molecule has 0 spiro atoms. The van der Waals surface area contributed by atoms with E-state index in [0.717, 1.165) is 46.9 Å². The molecule has 6 heterocycles. The van der Waals surface area contributed by atoms with Gasteiger partial charge in [0.25, 0.3) is 0 Å². The molecule has 2 N–H and O–H groups in total. The maximum atomic E-state index is 13.8. The molecule has 1 unspecified atom stereocenters. The van der Waals surface area contributed by atoms with Crippen LogP contribution in [0.2, 0.25) is 0 Å². The first kappa shape index (κ1) is 30.9. The van der Waals surface area contributed by atoms with Crippen LogP contribution in [0.3, 0.4) is 0 Å². The lowest BCUT2D eigenvalue weighted by atomic mass is 9.99. The van der Waals surface area contributed by atoms with Crippen LogP contribution in [-0.4, -0.2) is 84.9 Å².